The van der Waals surface area contributed by atoms with Gasteiger partial charge in [0.15, 0.2) is 0 Å². The Bertz CT molecular complexity index is 499. The van der Waals surface area contributed by atoms with Crippen molar-refractivity contribution in [3.63, 3.8) is 0 Å². The SMILES string of the molecule is CC(C)(C)NC(=O)c1ccc(NC(=O)C(C)(C)N)cc1.Cl. The predicted octanol–water partition coefficient (Wildman–Crippen LogP) is 2.31. The molecule has 0 aliphatic heterocycles. The molecule has 0 saturated carbocycles. The average Bonchev–Trinajstić information content (AvgIpc) is 2.26. The molecule has 1 aromatic rings. The number of nitrogens with two attached hydrogens (primary N) is 1. The lowest BCUT2D eigenvalue weighted by Gasteiger charge is -2.21. The molecule has 0 aliphatic carbocycles. The summed E-state index contributed by atoms with van der Waals surface area (Å²) < 4.78 is 0. The molecule has 0 aliphatic rings. The van der Waals surface area contributed by atoms with Crippen LogP contribution in [0.2, 0.25) is 0 Å². The van der Waals surface area contributed by atoms with Crippen LogP contribution in [0.1, 0.15) is 45.0 Å². The Hall–Kier alpha value is -1.59. The first-order valence-corrected chi connectivity index (χ1v) is 6.52. The van der Waals surface area contributed by atoms with Crippen LogP contribution >= 0.6 is 12.4 Å². The molecule has 0 spiro atoms. The smallest absolute Gasteiger partial charge is 0.251 e. The van der Waals surface area contributed by atoms with E-state index in [-0.39, 0.29) is 29.8 Å². The molecule has 1 aromatic carbocycles. The van der Waals surface area contributed by atoms with Gasteiger partial charge in [0.25, 0.3) is 5.91 Å². The summed E-state index contributed by atoms with van der Waals surface area (Å²) in [6, 6.07) is 6.70. The van der Waals surface area contributed by atoms with Crippen molar-refractivity contribution in [2.45, 2.75) is 45.7 Å². The number of hydrogen-bond donors (Lipinski definition) is 3. The number of carbonyl (C=O) groups excluding carboxylic acids is 2. The van der Waals surface area contributed by atoms with Crippen molar-refractivity contribution in [3.05, 3.63) is 29.8 Å². The maximum Gasteiger partial charge on any atom is 0.251 e. The maximum atomic E-state index is 11.9. The molecular formula is C15H24ClN3O2. The number of anilines is 1. The third-order valence-electron chi connectivity index (χ3n) is 2.48. The van der Waals surface area contributed by atoms with Gasteiger partial charge in [-0.25, -0.2) is 0 Å². The zero-order valence-electron chi connectivity index (χ0n) is 13.1. The minimum absolute atomic E-state index is 0. The number of halogens is 1. The van der Waals surface area contributed by atoms with E-state index in [4.69, 9.17) is 5.73 Å². The number of carbonyl (C=O) groups is 2. The van der Waals surface area contributed by atoms with Crippen LogP contribution in [0, 0.1) is 0 Å². The number of hydrogen-bond acceptors (Lipinski definition) is 3. The zero-order valence-corrected chi connectivity index (χ0v) is 13.9. The fourth-order valence-corrected chi connectivity index (χ4v) is 1.41. The van der Waals surface area contributed by atoms with Gasteiger partial charge in [0.05, 0.1) is 5.54 Å². The van der Waals surface area contributed by atoms with Gasteiger partial charge >= 0.3 is 0 Å². The van der Waals surface area contributed by atoms with E-state index in [0.29, 0.717) is 11.3 Å². The lowest BCUT2D eigenvalue weighted by Crippen LogP contribution is -2.45. The molecule has 1 rings (SSSR count). The first-order chi connectivity index (χ1) is 8.99. The van der Waals surface area contributed by atoms with Crippen molar-refractivity contribution >= 4 is 29.9 Å². The topological polar surface area (TPSA) is 84.2 Å². The van der Waals surface area contributed by atoms with E-state index in [2.05, 4.69) is 10.6 Å². The van der Waals surface area contributed by atoms with Crippen LogP contribution in [-0.4, -0.2) is 22.9 Å². The summed E-state index contributed by atoms with van der Waals surface area (Å²) in [6.07, 6.45) is 0. The summed E-state index contributed by atoms with van der Waals surface area (Å²) in [4.78, 5) is 23.7. The summed E-state index contributed by atoms with van der Waals surface area (Å²) >= 11 is 0. The van der Waals surface area contributed by atoms with Gasteiger partial charge in [-0.05, 0) is 58.9 Å². The van der Waals surface area contributed by atoms with E-state index in [1.165, 1.54) is 0 Å². The van der Waals surface area contributed by atoms with E-state index in [0.717, 1.165) is 0 Å². The number of rotatable bonds is 3. The molecule has 0 fully saturated rings. The van der Waals surface area contributed by atoms with Gasteiger partial charge in [0, 0.05) is 16.8 Å². The molecule has 0 aromatic heterocycles. The summed E-state index contributed by atoms with van der Waals surface area (Å²) in [5.74, 6) is -0.418. The Balaban J connectivity index is 0.00000400. The predicted molar refractivity (Wildman–Crippen MR) is 87.8 cm³/mol. The molecule has 0 heterocycles. The van der Waals surface area contributed by atoms with Gasteiger partial charge < -0.3 is 16.4 Å². The van der Waals surface area contributed by atoms with E-state index < -0.39 is 5.54 Å². The van der Waals surface area contributed by atoms with Crippen molar-refractivity contribution in [3.8, 4) is 0 Å². The van der Waals surface area contributed by atoms with Gasteiger partial charge in [-0.3, -0.25) is 9.59 Å². The highest BCUT2D eigenvalue weighted by Gasteiger charge is 2.22. The first kappa shape index (κ1) is 19.4. The van der Waals surface area contributed by atoms with Gasteiger partial charge in [-0.2, -0.15) is 0 Å². The zero-order chi connectivity index (χ0) is 15.6. The number of benzene rings is 1. The van der Waals surface area contributed by atoms with Crippen LogP contribution in [0.25, 0.3) is 0 Å². The van der Waals surface area contributed by atoms with Gasteiger partial charge in [0.1, 0.15) is 0 Å². The standard InChI is InChI=1S/C15H23N3O2.ClH/c1-14(2,3)18-12(19)10-6-8-11(9-7-10)17-13(20)15(4,5)16;/h6-9H,16H2,1-5H3,(H,17,20)(H,18,19);1H. The highest BCUT2D eigenvalue weighted by atomic mass is 35.5. The van der Waals surface area contributed by atoms with Crippen LogP contribution < -0.4 is 16.4 Å². The van der Waals surface area contributed by atoms with Crippen LogP contribution in [0.15, 0.2) is 24.3 Å². The first-order valence-electron chi connectivity index (χ1n) is 6.52. The van der Waals surface area contributed by atoms with Crippen LogP contribution in [0.3, 0.4) is 0 Å². The molecule has 21 heavy (non-hydrogen) atoms. The number of amides is 2. The highest BCUT2D eigenvalue weighted by molar-refractivity contribution is 5.98. The Morgan fingerprint density at radius 1 is 1.00 bits per heavy atom. The van der Waals surface area contributed by atoms with Crippen LogP contribution in [0.5, 0.6) is 0 Å². The van der Waals surface area contributed by atoms with Crippen molar-refractivity contribution in [2.24, 2.45) is 5.73 Å². The molecule has 4 N–H and O–H groups in total. The van der Waals surface area contributed by atoms with Gasteiger partial charge in [0.2, 0.25) is 5.91 Å². The molecule has 5 nitrogen and oxygen atoms in total. The van der Waals surface area contributed by atoms with E-state index >= 15 is 0 Å². The molecule has 118 valence electrons. The molecular weight excluding hydrogens is 290 g/mol. The van der Waals surface area contributed by atoms with Gasteiger partial charge in [-0.1, -0.05) is 0 Å². The second-order valence-electron chi connectivity index (χ2n) is 6.46. The minimum Gasteiger partial charge on any atom is -0.347 e. The van der Waals surface area contributed by atoms with E-state index in [1.807, 2.05) is 20.8 Å². The second kappa shape index (κ2) is 6.91. The summed E-state index contributed by atoms with van der Waals surface area (Å²) in [5.41, 5.74) is 5.63. The van der Waals surface area contributed by atoms with Crippen molar-refractivity contribution < 1.29 is 9.59 Å². The molecule has 0 saturated heterocycles. The minimum atomic E-state index is -0.942. The van der Waals surface area contributed by atoms with Crippen LogP contribution in [-0.2, 0) is 4.79 Å². The largest absolute Gasteiger partial charge is 0.347 e. The maximum absolute atomic E-state index is 11.9. The van der Waals surface area contributed by atoms with E-state index in [9.17, 15) is 9.59 Å². The van der Waals surface area contributed by atoms with Crippen molar-refractivity contribution in [1.82, 2.24) is 5.32 Å². The molecule has 0 atom stereocenters. The highest BCUT2D eigenvalue weighted by Crippen LogP contribution is 2.12. The van der Waals surface area contributed by atoms with Crippen LogP contribution in [0.4, 0.5) is 5.69 Å². The third kappa shape index (κ3) is 6.60. The third-order valence-corrected chi connectivity index (χ3v) is 2.48. The monoisotopic (exact) mass is 313 g/mol. The van der Waals surface area contributed by atoms with Crippen molar-refractivity contribution in [2.75, 3.05) is 5.32 Å². The summed E-state index contributed by atoms with van der Waals surface area (Å²) in [5, 5.41) is 5.57. The molecule has 0 radical (unpaired) electrons. The normalized spacial score (nSPS) is 11.3. The molecule has 0 bridgehead atoms. The van der Waals surface area contributed by atoms with Gasteiger partial charge in [-0.15, -0.1) is 12.4 Å². The summed E-state index contributed by atoms with van der Waals surface area (Å²) in [7, 11) is 0. The Morgan fingerprint density at radius 2 is 1.48 bits per heavy atom. The Kier molecular flexibility index (Phi) is 6.39. The average molecular weight is 314 g/mol. The number of nitrogens with one attached hydrogen (secondary N) is 2. The quantitative estimate of drug-likeness (QED) is 0.800. The second-order valence-corrected chi connectivity index (χ2v) is 6.46. The fourth-order valence-electron chi connectivity index (χ4n) is 1.41. The van der Waals surface area contributed by atoms with Crippen molar-refractivity contribution in [1.29, 1.82) is 0 Å². The fraction of sp³-hybridized carbons (Fsp3) is 0.467. The molecule has 2 amide bonds. The molecule has 6 heteroatoms. The lowest BCUT2D eigenvalue weighted by atomic mass is 10.1. The Labute approximate surface area is 132 Å². The van der Waals surface area contributed by atoms with E-state index in [1.54, 1.807) is 38.1 Å². The molecule has 0 unspecified atom stereocenters. The Morgan fingerprint density at radius 3 is 1.86 bits per heavy atom. The lowest BCUT2D eigenvalue weighted by molar-refractivity contribution is -0.120. The summed E-state index contributed by atoms with van der Waals surface area (Å²) in [6.45, 7) is 9.02.